The van der Waals surface area contributed by atoms with Gasteiger partial charge in [0.25, 0.3) is 5.91 Å². The van der Waals surface area contributed by atoms with Crippen molar-refractivity contribution in [2.45, 2.75) is 50.6 Å². The van der Waals surface area contributed by atoms with E-state index in [1.807, 2.05) is 0 Å². The zero-order chi connectivity index (χ0) is 19.9. The lowest BCUT2D eigenvalue weighted by molar-refractivity contribution is -0.140. The summed E-state index contributed by atoms with van der Waals surface area (Å²) in [5.74, 6) is -1.58. The third kappa shape index (κ3) is 3.15. The second kappa shape index (κ2) is 6.97. The molecule has 28 heavy (non-hydrogen) atoms. The Bertz CT molecular complexity index is 1020. The third-order valence-electron chi connectivity index (χ3n) is 5.30. The molecule has 4 amide bonds. The van der Waals surface area contributed by atoms with E-state index in [2.05, 4.69) is 10.7 Å². The van der Waals surface area contributed by atoms with Crippen molar-refractivity contribution in [3.05, 3.63) is 33.8 Å². The second-order valence-electron chi connectivity index (χ2n) is 7.13. The zero-order valence-corrected chi connectivity index (χ0v) is 15.8. The number of aromatic nitrogens is 1. The number of halogens is 1. The fourth-order valence-electron chi connectivity index (χ4n) is 3.86. The maximum atomic E-state index is 12.7. The van der Waals surface area contributed by atoms with Crippen LogP contribution in [0, 0.1) is 0 Å². The molecule has 1 saturated heterocycles. The van der Waals surface area contributed by atoms with Gasteiger partial charge in [-0.25, -0.2) is 9.59 Å². The number of nitrogens with one attached hydrogen (secondary N) is 2. The van der Waals surface area contributed by atoms with Crippen LogP contribution in [0.3, 0.4) is 0 Å². The van der Waals surface area contributed by atoms with Crippen molar-refractivity contribution in [2.24, 2.45) is 0 Å². The van der Waals surface area contributed by atoms with Gasteiger partial charge in [-0.1, -0.05) is 30.9 Å². The van der Waals surface area contributed by atoms with E-state index in [1.165, 1.54) is 10.6 Å². The number of rotatable bonds is 4. The molecule has 2 aromatic rings. The molecule has 1 saturated carbocycles. The third-order valence-corrected chi connectivity index (χ3v) is 5.53. The molecule has 9 nitrogen and oxygen atoms in total. The first-order chi connectivity index (χ1) is 13.4. The van der Waals surface area contributed by atoms with Gasteiger partial charge in [-0.15, -0.1) is 0 Å². The molecule has 1 aliphatic heterocycles. The molecular weight excluding hydrogens is 388 g/mol. The van der Waals surface area contributed by atoms with Crippen LogP contribution in [0.4, 0.5) is 4.79 Å². The highest BCUT2D eigenvalue weighted by Gasteiger charge is 2.52. The van der Waals surface area contributed by atoms with E-state index in [4.69, 9.17) is 16.0 Å². The second-order valence-corrected chi connectivity index (χ2v) is 7.57. The van der Waals surface area contributed by atoms with Crippen LogP contribution in [0.15, 0.2) is 27.4 Å². The molecule has 2 aliphatic rings. The molecule has 1 aromatic heterocycles. The summed E-state index contributed by atoms with van der Waals surface area (Å²) in [6.45, 7) is 0.0358. The van der Waals surface area contributed by atoms with Gasteiger partial charge in [0.15, 0.2) is 5.58 Å². The van der Waals surface area contributed by atoms with Crippen LogP contribution in [0.25, 0.3) is 11.1 Å². The molecule has 0 radical (unpaired) electrons. The lowest BCUT2D eigenvalue weighted by Crippen LogP contribution is -2.51. The topological polar surface area (TPSA) is 114 Å². The van der Waals surface area contributed by atoms with E-state index in [0.717, 1.165) is 24.3 Å². The molecule has 1 aromatic carbocycles. The van der Waals surface area contributed by atoms with E-state index < -0.39 is 29.1 Å². The molecule has 0 atom stereocenters. The Kier molecular flexibility index (Phi) is 4.62. The van der Waals surface area contributed by atoms with Crippen molar-refractivity contribution in [3.8, 4) is 0 Å². The molecule has 2 heterocycles. The van der Waals surface area contributed by atoms with Crippen molar-refractivity contribution < 1.29 is 18.8 Å². The number of amides is 4. The van der Waals surface area contributed by atoms with Gasteiger partial charge in [-0.3, -0.25) is 19.6 Å². The summed E-state index contributed by atoms with van der Waals surface area (Å²) in [5, 5.41) is 3.91. The van der Waals surface area contributed by atoms with E-state index in [1.54, 1.807) is 12.1 Å². The predicted molar refractivity (Wildman–Crippen MR) is 99.4 cm³/mol. The van der Waals surface area contributed by atoms with Crippen molar-refractivity contribution in [2.75, 3.05) is 0 Å². The number of carbonyl (C=O) groups excluding carboxylic acids is 3. The van der Waals surface area contributed by atoms with Gasteiger partial charge in [0.05, 0.1) is 5.52 Å². The van der Waals surface area contributed by atoms with Crippen molar-refractivity contribution in [3.63, 3.8) is 0 Å². The molecule has 2 fully saturated rings. The van der Waals surface area contributed by atoms with E-state index >= 15 is 0 Å². The van der Waals surface area contributed by atoms with Gasteiger partial charge in [0, 0.05) is 24.1 Å². The highest BCUT2D eigenvalue weighted by atomic mass is 35.5. The number of fused-ring (bicyclic) bond motifs is 1. The highest BCUT2D eigenvalue weighted by molar-refractivity contribution is 6.31. The number of oxazole rings is 1. The van der Waals surface area contributed by atoms with Crippen LogP contribution in [0.5, 0.6) is 0 Å². The lowest BCUT2D eigenvalue weighted by Gasteiger charge is -2.30. The monoisotopic (exact) mass is 406 g/mol. The molecule has 2 N–H and O–H groups in total. The quantitative estimate of drug-likeness (QED) is 0.753. The Hall–Kier alpha value is -2.81. The van der Waals surface area contributed by atoms with Crippen LogP contribution in [-0.2, 0) is 16.1 Å². The summed E-state index contributed by atoms with van der Waals surface area (Å²) in [4.78, 5) is 49.2. The molecule has 10 heteroatoms. The first-order valence-electron chi connectivity index (χ1n) is 9.15. The van der Waals surface area contributed by atoms with Crippen LogP contribution in [0.1, 0.15) is 38.5 Å². The van der Waals surface area contributed by atoms with Gasteiger partial charge in [-0.05, 0) is 25.0 Å². The molecule has 0 bridgehead atoms. The lowest BCUT2D eigenvalue weighted by atomic mass is 9.82. The van der Waals surface area contributed by atoms with Gasteiger partial charge in [-0.2, -0.15) is 5.01 Å². The van der Waals surface area contributed by atoms with Crippen molar-refractivity contribution in [1.82, 2.24) is 20.3 Å². The summed E-state index contributed by atoms with van der Waals surface area (Å²) in [6.07, 6.45) is 3.77. The molecule has 148 valence electrons. The Morgan fingerprint density at radius 3 is 2.71 bits per heavy atom. The van der Waals surface area contributed by atoms with Crippen LogP contribution in [-0.4, -0.2) is 33.0 Å². The molecular formula is C18H19ClN4O5. The number of carbonyl (C=O) groups is 3. The van der Waals surface area contributed by atoms with E-state index in [-0.39, 0.29) is 13.0 Å². The van der Waals surface area contributed by atoms with Crippen LogP contribution >= 0.6 is 11.6 Å². The average Bonchev–Trinajstić information content (AvgIpc) is 3.08. The normalized spacial score (nSPS) is 18.7. The highest BCUT2D eigenvalue weighted by Crippen LogP contribution is 2.33. The smallest absolute Gasteiger partial charge is 0.408 e. The van der Waals surface area contributed by atoms with E-state index in [0.29, 0.717) is 29.0 Å². The molecule has 4 rings (SSSR count). The maximum absolute atomic E-state index is 12.7. The summed E-state index contributed by atoms with van der Waals surface area (Å²) < 4.78 is 6.42. The number of benzene rings is 1. The number of hydrazine groups is 1. The number of imide groups is 1. The summed E-state index contributed by atoms with van der Waals surface area (Å²) in [7, 11) is 0. The van der Waals surface area contributed by atoms with Crippen LogP contribution < -0.4 is 16.5 Å². The Morgan fingerprint density at radius 2 is 1.96 bits per heavy atom. The van der Waals surface area contributed by atoms with Gasteiger partial charge in [0.1, 0.15) is 5.54 Å². The van der Waals surface area contributed by atoms with Gasteiger partial charge >= 0.3 is 11.8 Å². The minimum atomic E-state index is -0.903. The number of aryl methyl sites for hydroxylation is 1. The number of hydrogen-bond donors (Lipinski definition) is 2. The molecule has 1 spiro atoms. The largest absolute Gasteiger partial charge is 0.419 e. The average molecular weight is 407 g/mol. The summed E-state index contributed by atoms with van der Waals surface area (Å²) in [5.41, 5.74) is 2.29. The number of nitrogens with zero attached hydrogens (tertiary/aromatic N) is 2. The van der Waals surface area contributed by atoms with E-state index in [9.17, 15) is 19.2 Å². The van der Waals surface area contributed by atoms with Gasteiger partial charge in [0.2, 0.25) is 5.91 Å². The molecule has 1 aliphatic carbocycles. The van der Waals surface area contributed by atoms with Gasteiger partial charge < -0.3 is 9.73 Å². The Balaban J connectivity index is 1.43. The minimum absolute atomic E-state index is 0.0358. The summed E-state index contributed by atoms with van der Waals surface area (Å²) >= 11 is 5.88. The predicted octanol–water partition coefficient (Wildman–Crippen LogP) is 1.92. The first kappa shape index (κ1) is 18.5. The zero-order valence-electron chi connectivity index (χ0n) is 15.0. The number of hydrogen-bond acceptors (Lipinski definition) is 5. The fraction of sp³-hybridized carbons (Fsp3) is 0.444. The number of urea groups is 1. The molecule has 0 unspecified atom stereocenters. The van der Waals surface area contributed by atoms with Crippen LogP contribution in [0.2, 0.25) is 5.02 Å². The first-order valence-corrected chi connectivity index (χ1v) is 9.52. The van der Waals surface area contributed by atoms with Crippen molar-refractivity contribution in [1.29, 1.82) is 0 Å². The standard InChI is InChI=1S/C18H19ClN4O5/c19-11-4-5-12-13(10-11)28-17(27)22(12)9-6-14(24)21-23-15(25)18(20-16(23)26)7-2-1-3-8-18/h4-5,10H,1-3,6-9H2,(H,20,26)(H,21,24). The SMILES string of the molecule is O=C(CCn1c(=O)oc2cc(Cl)ccc21)NN1C(=O)NC2(CCCCC2)C1=O. The fourth-order valence-corrected chi connectivity index (χ4v) is 4.02. The Labute approximate surface area is 164 Å². The Morgan fingerprint density at radius 1 is 1.21 bits per heavy atom. The maximum Gasteiger partial charge on any atom is 0.419 e. The summed E-state index contributed by atoms with van der Waals surface area (Å²) in [6, 6.07) is 4.14. The minimum Gasteiger partial charge on any atom is -0.408 e. The van der Waals surface area contributed by atoms with Crippen molar-refractivity contribution >= 4 is 40.5 Å².